The third kappa shape index (κ3) is 7.81. The van der Waals surface area contributed by atoms with Gasteiger partial charge in [-0.05, 0) is 25.2 Å². The van der Waals surface area contributed by atoms with Crippen molar-refractivity contribution in [1.82, 2.24) is 4.90 Å². The maximum atomic E-state index is 5.86. The Morgan fingerprint density at radius 3 is 2.65 bits per heavy atom. The van der Waals surface area contributed by atoms with E-state index in [0.717, 1.165) is 26.2 Å². The molecular weight excluding hydrogens is 329 g/mol. The minimum Gasteiger partial charge on any atom is -0.381 e. The second-order valence-corrected chi connectivity index (χ2v) is 4.90. The van der Waals surface area contributed by atoms with Crippen LogP contribution >= 0.6 is 24.0 Å². The predicted molar refractivity (Wildman–Crippen MR) is 83.0 cm³/mol. The molecule has 1 aliphatic carbocycles. The molecule has 102 valence electrons. The van der Waals surface area contributed by atoms with Gasteiger partial charge in [-0.3, -0.25) is 4.99 Å². The zero-order chi connectivity index (χ0) is 12.0. The number of hydrogen-bond acceptors (Lipinski definition) is 2. The third-order valence-corrected chi connectivity index (χ3v) is 2.63. The van der Waals surface area contributed by atoms with Gasteiger partial charge in [0.25, 0.3) is 0 Å². The van der Waals surface area contributed by atoms with E-state index in [1.165, 1.54) is 12.8 Å². The molecule has 1 fully saturated rings. The van der Waals surface area contributed by atoms with E-state index in [1.807, 2.05) is 7.05 Å². The summed E-state index contributed by atoms with van der Waals surface area (Å²) in [6, 6.07) is 0.640. The van der Waals surface area contributed by atoms with Crippen LogP contribution in [0.2, 0.25) is 0 Å². The summed E-state index contributed by atoms with van der Waals surface area (Å²) in [5.74, 6) is 1.28. The molecule has 0 aromatic heterocycles. The van der Waals surface area contributed by atoms with Gasteiger partial charge in [0.05, 0.1) is 0 Å². The van der Waals surface area contributed by atoms with Gasteiger partial charge < -0.3 is 15.4 Å². The first kappa shape index (κ1) is 17.0. The van der Waals surface area contributed by atoms with E-state index in [4.69, 9.17) is 10.5 Å². The Balaban J connectivity index is 0.00000256. The quantitative estimate of drug-likeness (QED) is 0.329. The van der Waals surface area contributed by atoms with Gasteiger partial charge in [0, 0.05) is 32.8 Å². The lowest BCUT2D eigenvalue weighted by Crippen LogP contribution is -2.35. The highest BCUT2D eigenvalue weighted by molar-refractivity contribution is 14.0. The van der Waals surface area contributed by atoms with Crippen molar-refractivity contribution < 1.29 is 4.74 Å². The summed E-state index contributed by atoms with van der Waals surface area (Å²) in [6.07, 6.45) is 3.46. The van der Waals surface area contributed by atoms with Crippen molar-refractivity contribution >= 4 is 29.9 Å². The molecule has 0 heterocycles. The number of rotatable bonds is 7. The number of aliphatic imine (C=N–C) groups is 1. The molecule has 0 saturated heterocycles. The van der Waals surface area contributed by atoms with Gasteiger partial charge >= 0.3 is 0 Å². The summed E-state index contributed by atoms with van der Waals surface area (Å²) in [6.45, 7) is 6.69. The molecule has 0 amide bonds. The van der Waals surface area contributed by atoms with E-state index in [2.05, 4.69) is 23.7 Å². The Kier molecular flexibility index (Phi) is 8.94. The van der Waals surface area contributed by atoms with Crippen LogP contribution in [0.1, 0.15) is 33.1 Å². The van der Waals surface area contributed by atoms with Crippen LogP contribution in [0.25, 0.3) is 0 Å². The maximum Gasteiger partial charge on any atom is 0.191 e. The van der Waals surface area contributed by atoms with Crippen molar-refractivity contribution in [1.29, 1.82) is 0 Å². The summed E-state index contributed by atoms with van der Waals surface area (Å²) < 4.78 is 5.47. The first-order valence-corrected chi connectivity index (χ1v) is 6.21. The van der Waals surface area contributed by atoms with Crippen LogP contribution in [-0.4, -0.2) is 43.7 Å². The Bertz CT molecular complexity index is 230. The van der Waals surface area contributed by atoms with Crippen LogP contribution < -0.4 is 5.73 Å². The highest BCUT2D eigenvalue weighted by atomic mass is 127. The number of nitrogens with two attached hydrogens (primary N) is 1. The molecular formula is C12H26IN3O. The van der Waals surface area contributed by atoms with Gasteiger partial charge in [-0.15, -0.1) is 24.0 Å². The number of ether oxygens (including phenoxy) is 1. The average molecular weight is 355 g/mol. The molecule has 4 nitrogen and oxygen atoms in total. The van der Waals surface area contributed by atoms with Crippen molar-refractivity contribution in [2.75, 3.05) is 26.8 Å². The van der Waals surface area contributed by atoms with E-state index in [-0.39, 0.29) is 24.0 Å². The van der Waals surface area contributed by atoms with Crippen molar-refractivity contribution in [2.24, 2.45) is 16.6 Å². The average Bonchev–Trinajstić information content (AvgIpc) is 3.05. The number of halogens is 1. The van der Waals surface area contributed by atoms with Crippen molar-refractivity contribution in [2.45, 2.75) is 39.2 Å². The lowest BCUT2D eigenvalue weighted by molar-refractivity contribution is 0.109. The third-order valence-electron chi connectivity index (χ3n) is 2.63. The van der Waals surface area contributed by atoms with E-state index in [0.29, 0.717) is 17.9 Å². The minimum absolute atomic E-state index is 0. The van der Waals surface area contributed by atoms with Crippen molar-refractivity contribution in [3.63, 3.8) is 0 Å². The molecule has 0 aromatic rings. The zero-order valence-electron chi connectivity index (χ0n) is 11.2. The highest BCUT2D eigenvalue weighted by Gasteiger charge is 2.27. The summed E-state index contributed by atoms with van der Waals surface area (Å²) >= 11 is 0. The zero-order valence-corrected chi connectivity index (χ0v) is 13.5. The number of hydrogen-bond donors (Lipinski definition) is 1. The second kappa shape index (κ2) is 8.97. The molecule has 17 heavy (non-hydrogen) atoms. The van der Waals surface area contributed by atoms with Gasteiger partial charge in [-0.1, -0.05) is 13.8 Å². The SMILES string of the molecule is CC(C)COCCCN=C(N)N(C)C1CC1.I. The van der Waals surface area contributed by atoms with Crippen molar-refractivity contribution in [3.8, 4) is 0 Å². The molecule has 0 aliphatic heterocycles. The second-order valence-electron chi connectivity index (χ2n) is 4.90. The van der Waals surface area contributed by atoms with Gasteiger partial charge in [0.1, 0.15) is 0 Å². The van der Waals surface area contributed by atoms with Gasteiger partial charge in [-0.25, -0.2) is 0 Å². The molecule has 5 heteroatoms. The summed E-state index contributed by atoms with van der Waals surface area (Å²) in [5.41, 5.74) is 5.86. The molecule has 0 aromatic carbocycles. The van der Waals surface area contributed by atoms with E-state index in [1.54, 1.807) is 0 Å². The minimum atomic E-state index is 0. The van der Waals surface area contributed by atoms with Gasteiger partial charge in [-0.2, -0.15) is 0 Å². The largest absolute Gasteiger partial charge is 0.381 e. The molecule has 2 N–H and O–H groups in total. The van der Waals surface area contributed by atoms with E-state index >= 15 is 0 Å². The van der Waals surface area contributed by atoms with Crippen molar-refractivity contribution in [3.05, 3.63) is 0 Å². The Morgan fingerprint density at radius 2 is 2.12 bits per heavy atom. The maximum absolute atomic E-state index is 5.86. The smallest absolute Gasteiger partial charge is 0.191 e. The Morgan fingerprint density at radius 1 is 1.47 bits per heavy atom. The fraction of sp³-hybridized carbons (Fsp3) is 0.917. The molecule has 1 aliphatic rings. The molecule has 0 unspecified atom stereocenters. The lowest BCUT2D eigenvalue weighted by Gasteiger charge is -2.16. The van der Waals surface area contributed by atoms with Crippen LogP contribution in [0.3, 0.4) is 0 Å². The summed E-state index contributed by atoms with van der Waals surface area (Å²) in [7, 11) is 2.02. The molecule has 0 spiro atoms. The molecule has 0 radical (unpaired) electrons. The predicted octanol–water partition coefficient (Wildman–Crippen LogP) is 2.08. The van der Waals surface area contributed by atoms with Gasteiger partial charge in [0.2, 0.25) is 0 Å². The molecule has 0 atom stereocenters. The molecule has 1 saturated carbocycles. The van der Waals surface area contributed by atoms with Crippen LogP contribution in [0, 0.1) is 5.92 Å². The standard InChI is InChI=1S/C12H25N3O.HI/c1-10(2)9-16-8-4-7-14-12(13)15(3)11-5-6-11;/h10-11H,4-9H2,1-3H3,(H2,13,14);1H. The molecule has 0 bridgehead atoms. The van der Waals surface area contributed by atoms with E-state index in [9.17, 15) is 0 Å². The van der Waals surface area contributed by atoms with Crippen LogP contribution in [0.4, 0.5) is 0 Å². The fourth-order valence-corrected chi connectivity index (χ4v) is 1.44. The molecule has 1 rings (SSSR count). The van der Waals surface area contributed by atoms with Crippen LogP contribution in [0.15, 0.2) is 4.99 Å². The topological polar surface area (TPSA) is 50.9 Å². The van der Waals surface area contributed by atoms with Crippen LogP contribution in [0.5, 0.6) is 0 Å². The summed E-state index contributed by atoms with van der Waals surface area (Å²) in [4.78, 5) is 6.42. The Hall–Kier alpha value is -0.0400. The normalized spacial score (nSPS) is 15.9. The number of nitrogens with zero attached hydrogens (tertiary/aromatic N) is 2. The fourth-order valence-electron chi connectivity index (χ4n) is 1.44. The first-order valence-electron chi connectivity index (χ1n) is 6.21. The lowest BCUT2D eigenvalue weighted by atomic mass is 10.2. The Labute approximate surface area is 122 Å². The van der Waals surface area contributed by atoms with E-state index < -0.39 is 0 Å². The number of guanidine groups is 1. The summed E-state index contributed by atoms with van der Waals surface area (Å²) in [5, 5.41) is 0. The van der Waals surface area contributed by atoms with Gasteiger partial charge in [0.15, 0.2) is 5.96 Å². The highest BCUT2D eigenvalue weighted by Crippen LogP contribution is 2.24. The van der Waals surface area contributed by atoms with Crippen LogP contribution in [-0.2, 0) is 4.74 Å². The monoisotopic (exact) mass is 355 g/mol. The first-order chi connectivity index (χ1) is 7.61.